The van der Waals surface area contributed by atoms with E-state index < -0.39 is 14.4 Å². The minimum atomic E-state index is -2.43. The van der Waals surface area contributed by atoms with Crippen LogP contribution >= 0.6 is 38.9 Å². The summed E-state index contributed by atoms with van der Waals surface area (Å²) in [5.41, 5.74) is 0. The highest BCUT2D eigenvalue weighted by atomic mass is 33.4. The summed E-state index contributed by atoms with van der Waals surface area (Å²) >= 11 is 8.26. The number of hydrogen-bond donors (Lipinski definition) is 2. The standard InChI is InChI=1S/C6H17OPS3/c1-4-11(5-2,6-3)8(7,9)10/h4-6H2,1-3H3,(H2,7,9,10). The highest BCUT2D eigenvalue weighted by Gasteiger charge is 2.32. The van der Waals surface area contributed by atoms with E-state index in [0.29, 0.717) is 0 Å². The van der Waals surface area contributed by atoms with Gasteiger partial charge in [0.2, 0.25) is 4.75 Å². The van der Waals surface area contributed by atoms with Gasteiger partial charge < -0.3 is 0 Å². The zero-order valence-corrected chi connectivity index (χ0v) is 10.8. The second kappa shape index (κ2) is 4.50. The van der Waals surface area contributed by atoms with E-state index in [-0.39, 0.29) is 0 Å². The third-order valence-corrected chi connectivity index (χ3v) is 17.9. The molecule has 1 nitrogen and oxygen atoms in total. The lowest BCUT2D eigenvalue weighted by Crippen LogP contribution is -2.04. The van der Waals surface area contributed by atoms with E-state index in [4.69, 9.17) is 0 Å². The van der Waals surface area contributed by atoms with E-state index in [1.165, 1.54) is 0 Å². The first-order chi connectivity index (χ1) is 4.93. The average molecular weight is 232 g/mol. The van der Waals surface area contributed by atoms with Crippen LogP contribution in [0.4, 0.5) is 0 Å². The van der Waals surface area contributed by atoms with Crippen molar-refractivity contribution in [2.45, 2.75) is 20.8 Å². The lowest BCUT2D eigenvalue weighted by atomic mass is 10.9. The van der Waals surface area contributed by atoms with Gasteiger partial charge in [-0.05, 0) is 17.3 Å². The largest absolute Gasteiger partial charge is 0.291 e. The molecule has 0 aliphatic rings. The molecule has 70 valence electrons. The van der Waals surface area contributed by atoms with Crippen molar-refractivity contribution < 1.29 is 4.57 Å². The summed E-state index contributed by atoms with van der Waals surface area (Å²) < 4.78 is 9.26. The van der Waals surface area contributed by atoms with Crippen molar-refractivity contribution in [2.75, 3.05) is 17.3 Å². The van der Waals surface area contributed by atoms with E-state index >= 15 is 0 Å². The van der Waals surface area contributed by atoms with Gasteiger partial charge >= 0.3 is 0 Å². The Hall–Kier alpha value is 1.28. The Kier molecular flexibility index (Phi) is 5.02. The SMILES string of the molecule is CCS(CC)(CC)P(=O)(S)S. The molecule has 0 aliphatic heterocycles. The Morgan fingerprint density at radius 3 is 1.36 bits per heavy atom. The molecule has 0 atom stereocenters. The van der Waals surface area contributed by atoms with Crippen LogP contribution < -0.4 is 0 Å². The Morgan fingerprint density at radius 1 is 1.09 bits per heavy atom. The van der Waals surface area contributed by atoms with Crippen molar-refractivity contribution in [1.29, 1.82) is 0 Å². The van der Waals surface area contributed by atoms with Gasteiger partial charge in [0.15, 0.2) is 0 Å². The van der Waals surface area contributed by atoms with Gasteiger partial charge in [0.1, 0.15) is 0 Å². The maximum absolute atomic E-state index is 11.7. The normalized spacial score (nSPS) is 15.0. The summed E-state index contributed by atoms with van der Waals surface area (Å²) in [5.74, 6) is 2.93. The molecule has 0 fully saturated rings. The molecule has 0 spiro atoms. The van der Waals surface area contributed by atoms with Gasteiger partial charge in [-0.1, -0.05) is 45.3 Å². The Morgan fingerprint density at radius 2 is 1.36 bits per heavy atom. The minimum Gasteiger partial charge on any atom is -0.291 e. The molecule has 0 N–H and O–H groups in total. The van der Waals surface area contributed by atoms with Gasteiger partial charge in [0, 0.05) is 0 Å². The second-order valence-electron chi connectivity index (χ2n) is 2.36. The van der Waals surface area contributed by atoms with Crippen molar-refractivity contribution in [3.05, 3.63) is 0 Å². The molecule has 5 heteroatoms. The van der Waals surface area contributed by atoms with Gasteiger partial charge in [-0.25, -0.2) is 0 Å². The minimum absolute atomic E-state index is 0.976. The lowest BCUT2D eigenvalue weighted by molar-refractivity contribution is 0.601. The van der Waals surface area contributed by atoms with Crippen molar-refractivity contribution in [2.24, 2.45) is 0 Å². The van der Waals surface area contributed by atoms with Gasteiger partial charge in [-0.2, -0.15) is 9.65 Å². The summed E-state index contributed by atoms with van der Waals surface area (Å²) in [4.78, 5) is 0. The fourth-order valence-corrected chi connectivity index (χ4v) is 12.6. The quantitative estimate of drug-likeness (QED) is 0.556. The predicted molar refractivity (Wildman–Crippen MR) is 64.8 cm³/mol. The van der Waals surface area contributed by atoms with E-state index in [2.05, 4.69) is 45.3 Å². The van der Waals surface area contributed by atoms with Crippen LogP contribution in [0.1, 0.15) is 20.8 Å². The molecule has 0 saturated carbocycles. The van der Waals surface area contributed by atoms with Crippen LogP contribution in [0, 0.1) is 0 Å². The predicted octanol–water partition coefficient (Wildman–Crippen LogP) is 3.82. The van der Waals surface area contributed by atoms with Crippen LogP contribution in [0.3, 0.4) is 0 Å². The lowest BCUT2D eigenvalue weighted by Gasteiger charge is -2.39. The van der Waals surface area contributed by atoms with Crippen molar-refractivity contribution >= 4 is 38.9 Å². The average Bonchev–Trinajstić information content (AvgIpc) is 1.90. The van der Waals surface area contributed by atoms with E-state index in [1.807, 2.05) is 0 Å². The zero-order chi connectivity index (χ0) is 9.12. The molecular weight excluding hydrogens is 215 g/mol. The molecule has 0 bridgehead atoms. The fraction of sp³-hybridized carbons (Fsp3) is 1.00. The molecule has 0 aromatic carbocycles. The Balaban J connectivity index is 4.70. The summed E-state index contributed by atoms with van der Waals surface area (Å²) in [7, 11) is -1.04. The highest BCUT2D eigenvalue weighted by molar-refractivity contribution is 9.17. The van der Waals surface area contributed by atoms with E-state index in [0.717, 1.165) is 17.3 Å². The van der Waals surface area contributed by atoms with Crippen molar-refractivity contribution in [1.82, 2.24) is 0 Å². The topological polar surface area (TPSA) is 17.1 Å². The molecule has 0 aromatic heterocycles. The van der Waals surface area contributed by atoms with Crippen LogP contribution in [0.15, 0.2) is 0 Å². The maximum Gasteiger partial charge on any atom is 0.221 e. The molecule has 0 rings (SSSR count). The first kappa shape index (κ1) is 12.3. The fourth-order valence-electron chi connectivity index (χ4n) is 1.12. The van der Waals surface area contributed by atoms with Crippen LogP contribution in [0.25, 0.3) is 0 Å². The van der Waals surface area contributed by atoms with Crippen LogP contribution in [0.5, 0.6) is 0 Å². The first-order valence-corrected chi connectivity index (χ1v) is 10.5. The monoisotopic (exact) mass is 232 g/mol. The van der Waals surface area contributed by atoms with Gasteiger partial charge in [-0.15, -0.1) is 0 Å². The highest BCUT2D eigenvalue weighted by Crippen LogP contribution is 2.86. The molecule has 0 saturated heterocycles. The Labute approximate surface area is 81.5 Å². The number of thiol groups is 2. The summed E-state index contributed by atoms with van der Waals surface area (Å²) in [6.07, 6.45) is 0. The smallest absolute Gasteiger partial charge is 0.221 e. The van der Waals surface area contributed by atoms with Crippen LogP contribution in [-0.4, -0.2) is 17.3 Å². The molecule has 0 heterocycles. The number of hydrogen-bond acceptors (Lipinski definition) is 1. The molecule has 0 radical (unpaired) electrons. The van der Waals surface area contributed by atoms with Crippen molar-refractivity contribution in [3.8, 4) is 0 Å². The summed E-state index contributed by atoms with van der Waals surface area (Å²) in [5, 5.41) is 0. The number of rotatable bonds is 4. The van der Waals surface area contributed by atoms with Crippen LogP contribution in [-0.2, 0) is 4.57 Å². The molecular formula is C6H17OPS3. The van der Waals surface area contributed by atoms with Gasteiger partial charge in [0.05, 0.1) is 0 Å². The summed E-state index contributed by atoms with van der Waals surface area (Å²) in [6.45, 7) is 6.25. The Bertz CT molecular complexity index is 153. The van der Waals surface area contributed by atoms with Crippen LogP contribution in [0.2, 0.25) is 0 Å². The molecule has 0 unspecified atom stereocenters. The summed E-state index contributed by atoms with van der Waals surface area (Å²) in [6, 6.07) is 0. The zero-order valence-electron chi connectivity index (χ0n) is 7.28. The first-order valence-electron chi connectivity index (χ1n) is 3.75. The van der Waals surface area contributed by atoms with Gasteiger partial charge in [0.25, 0.3) is 0 Å². The van der Waals surface area contributed by atoms with Crippen molar-refractivity contribution in [3.63, 3.8) is 0 Å². The van der Waals surface area contributed by atoms with E-state index in [9.17, 15) is 4.57 Å². The molecule has 0 aliphatic carbocycles. The maximum atomic E-state index is 11.7. The molecule has 0 amide bonds. The third kappa shape index (κ3) is 2.61. The third-order valence-electron chi connectivity index (χ3n) is 2.12. The molecule has 0 aromatic rings. The molecule has 11 heavy (non-hydrogen) atoms. The van der Waals surface area contributed by atoms with E-state index in [1.54, 1.807) is 0 Å². The van der Waals surface area contributed by atoms with Gasteiger partial charge in [-0.3, -0.25) is 4.57 Å². The second-order valence-corrected chi connectivity index (χ2v) is 16.9.